The number of aromatic nitrogens is 2. The van der Waals surface area contributed by atoms with Crippen molar-refractivity contribution in [1.29, 1.82) is 0 Å². The number of imidazole rings is 1. The van der Waals surface area contributed by atoms with Gasteiger partial charge in [0.25, 0.3) is 0 Å². The van der Waals surface area contributed by atoms with Crippen molar-refractivity contribution in [3.8, 4) is 17.1 Å². The lowest BCUT2D eigenvalue weighted by Gasteiger charge is -2.33. The molecule has 0 spiro atoms. The number of likely N-dealkylation sites (tertiary alicyclic amines) is 1. The van der Waals surface area contributed by atoms with Gasteiger partial charge in [-0.1, -0.05) is 6.92 Å². The SMILES string of the molecule is CCN1CCCC(n2ccnc2-c2ccc(OCCN3CCOCC3)cc2)C1. The Bertz CT molecular complexity index is 724. The number of morpholine rings is 1. The van der Waals surface area contributed by atoms with E-state index in [1.54, 1.807) is 0 Å². The maximum atomic E-state index is 5.94. The monoisotopic (exact) mass is 384 g/mol. The van der Waals surface area contributed by atoms with Crippen LogP contribution in [0.25, 0.3) is 11.4 Å². The van der Waals surface area contributed by atoms with Crippen LogP contribution in [0, 0.1) is 0 Å². The summed E-state index contributed by atoms with van der Waals surface area (Å²) in [5.74, 6) is 1.98. The molecule has 2 aliphatic heterocycles. The van der Waals surface area contributed by atoms with E-state index in [0.29, 0.717) is 12.6 Å². The van der Waals surface area contributed by atoms with Crippen molar-refractivity contribution in [1.82, 2.24) is 19.4 Å². The van der Waals surface area contributed by atoms with Crippen LogP contribution >= 0.6 is 0 Å². The van der Waals surface area contributed by atoms with Crippen LogP contribution in [0.1, 0.15) is 25.8 Å². The first-order valence-electron chi connectivity index (χ1n) is 10.6. The highest BCUT2D eigenvalue weighted by Crippen LogP contribution is 2.28. The third kappa shape index (κ3) is 4.74. The lowest BCUT2D eigenvalue weighted by Crippen LogP contribution is -2.38. The van der Waals surface area contributed by atoms with Crippen LogP contribution in [0.15, 0.2) is 36.7 Å². The van der Waals surface area contributed by atoms with E-state index in [4.69, 9.17) is 9.47 Å². The predicted molar refractivity (Wildman–Crippen MR) is 111 cm³/mol. The molecule has 152 valence electrons. The molecule has 1 aromatic heterocycles. The molecule has 0 saturated carbocycles. The summed E-state index contributed by atoms with van der Waals surface area (Å²) in [4.78, 5) is 9.57. The molecule has 0 bridgehead atoms. The number of rotatable bonds is 7. The highest BCUT2D eigenvalue weighted by atomic mass is 16.5. The Morgan fingerprint density at radius 2 is 1.93 bits per heavy atom. The number of ether oxygens (including phenoxy) is 2. The number of hydrogen-bond donors (Lipinski definition) is 0. The zero-order valence-corrected chi connectivity index (χ0v) is 16.9. The summed E-state index contributed by atoms with van der Waals surface area (Å²) in [6.07, 6.45) is 6.54. The molecule has 6 nitrogen and oxygen atoms in total. The zero-order chi connectivity index (χ0) is 19.2. The molecule has 4 rings (SSSR count). The van der Waals surface area contributed by atoms with Crippen molar-refractivity contribution in [3.05, 3.63) is 36.7 Å². The van der Waals surface area contributed by atoms with E-state index in [2.05, 4.69) is 56.7 Å². The van der Waals surface area contributed by atoms with Gasteiger partial charge >= 0.3 is 0 Å². The summed E-state index contributed by atoms with van der Waals surface area (Å²) in [5, 5.41) is 0. The van der Waals surface area contributed by atoms with Gasteiger partial charge in [0.2, 0.25) is 0 Å². The van der Waals surface area contributed by atoms with Crippen molar-refractivity contribution < 1.29 is 9.47 Å². The number of benzene rings is 1. The predicted octanol–water partition coefficient (Wildman–Crippen LogP) is 2.92. The lowest BCUT2D eigenvalue weighted by atomic mass is 10.0. The fourth-order valence-electron chi connectivity index (χ4n) is 4.19. The largest absolute Gasteiger partial charge is 0.492 e. The Morgan fingerprint density at radius 1 is 1.11 bits per heavy atom. The van der Waals surface area contributed by atoms with E-state index in [9.17, 15) is 0 Å². The Hall–Kier alpha value is -1.89. The number of nitrogens with zero attached hydrogens (tertiary/aromatic N) is 4. The highest BCUT2D eigenvalue weighted by Gasteiger charge is 2.22. The van der Waals surface area contributed by atoms with E-state index in [1.165, 1.54) is 19.4 Å². The molecule has 0 radical (unpaired) electrons. The van der Waals surface area contributed by atoms with Gasteiger partial charge < -0.3 is 18.9 Å². The lowest BCUT2D eigenvalue weighted by molar-refractivity contribution is 0.0322. The third-order valence-corrected chi connectivity index (χ3v) is 5.88. The summed E-state index contributed by atoms with van der Waals surface area (Å²) in [6, 6.07) is 8.89. The van der Waals surface area contributed by atoms with Crippen LogP contribution in [0.5, 0.6) is 5.75 Å². The Morgan fingerprint density at radius 3 is 2.71 bits per heavy atom. The summed E-state index contributed by atoms with van der Waals surface area (Å²) in [7, 11) is 0. The van der Waals surface area contributed by atoms with E-state index in [1.807, 2.05) is 6.20 Å². The van der Waals surface area contributed by atoms with E-state index in [-0.39, 0.29) is 0 Å². The van der Waals surface area contributed by atoms with E-state index in [0.717, 1.165) is 63.1 Å². The molecule has 1 unspecified atom stereocenters. The molecule has 1 atom stereocenters. The van der Waals surface area contributed by atoms with Crippen molar-refractivity contribution in [3.63, 3.8) is 0 Å². The first-order chi connectivity index (χ1) is 13.8. The van der Waals surface area contributed by atoms with Gasteiger partial charge in [-0.05, 0) is 50.2 Å². The summed E-state index contributed by atoms with van der Waals surface area (Å²) in [6.45, 7) is 11.0. The second-order valence-electron chi connectivity index (χ2n) is 7.67. The molecular formula is C22H32N4O2. The van der Waals surface area contributed by atoms with Crippen LogP contribution in [0.3, 0.4) is 0 Å². The van der Waals surface area contributed by atoms with Gasteiger partial charge in [-0.15, -0.1) is 0 Å². The molecule has 2 aliphatic rings. The Balaban J connectivity index is 1.36. The van der Waals surface area contributed by atoms with Gasteiger partial charge in [0, 0.05) is 50.2 Å². The van der Waals surface area contributed by atoms with Gasteiger partial charge in [-0.3, -0.25) is 4.90 Å². The second kappa shape index (κ2) is 9.54. The van der Waals surface area contributed by atoms with Crippen molar-refractivity contribution >= 4 is 0 Å². The number of likely N-dealkylation sites (N-methyl/N-ethyl adjacent to an activating group) is 1. The quantitative estimate of drug-likeness (QED) is 0.734. The molecule has 28 heavy (non-hydrogen) atoms. The molecule has 0 amide bonds. The van der Waals surface area contributed by atoms with Crippen molar-refractivity contribution in [2.45, 2.75) is 25.8 Å². The minimum absolute atomic E-state index is 0.510. The van der Waals surface area contributed by atoms with Crippen LogP contribution in [-0.2, 0) is 4.74 Å². The van der Waals surface area contributed by atoms with Gasteiger partial charge in [0.15, 0.2) is 0 Å². The first-order valence-corrected chi connectivity index (χ1v) is 10.6. The van der Waals surface area contributed by atoms with Crippen LogP contribution in [-0.4, -0.2) is 78.4 Å². The second-order valence-corrected chi connectivity index (χ2v) is 7.67. The minimum Gasteiger partial charge on any atom is -0.492 e. The van der Waals surface area contributed by atoms with Crippen LogP contribution in [0.2, 0.25) is 0 Å². The first kappa shape index (κ1) is 19.4. The molecule has 6 heteroatoms. The topological polar surface area (TPSA) is 42.8 Å². The maximum absolute atomic E-state index is 5.94. The Kier molecular flexibility index (Phi) is 6.62. The fraction of sp³-hybridized carbons (Fsp3) is 0.591. The van der Waals surface area contributed by atoms with Gasteiger partial charge in [0.05, 0.1) is 13.2 Å². The zero-order valence-electron chi connectivity index (χ0n) is 16.9. The summed E-state index contributed by atoms with van der Waals surface area (Å²) < 4.78 is 13.7. The summed E-state index contributed by atoms with van der Waals surface area (Å²) >= 11 is 0. The van der Waals surface area contributed by atoms with Crippen molar-refractivity contribution in [2.75, 3.05) is 59.1 Å². The molecule has 2 aromatic rings. The van der Waals surface area contributed by atoms with E-state index < -0.39 is 0 Å². The smallest absolute Gasteiger partial charge is 0.140 e. The average molecular weight is 385 g/mol. The van der Waals surface area contributed by atoms with Crippen molar-refractivity contribution in [2.24, 2.45) is 0 Å². The molecule has 1 aromatic carbocycles. The summed E-state index contributed by atoms with van der Waals surface area (Å²) in [5.41, 5.74) is 1.15. The number of piperidine rings is 1. The Labute approximate surface area is 168 Å². The molecule has 2 saturated heterocycles. The third-order valence-electron chi connectivity index (χ3n) is 5.88. The minimum atomic E-state index is 0.510. The van der Waals surface area contributed by atoms with E-state index >= 15 is 0 Å². The normalized spacial score (nSPS) is 21.7. The van der Waals surface area contributed by atoms with Gasteiger partial charge in [-0.25, -0.2) is 4.98 Å². The number of hydrogen-bond acceptors (Lipinski definition) is 5. The highest BCUT2D eigenvalue weighted by molar-refractivity contribution is 5.57. The standard InChI is InChI=1S/C22H32N4O2/c1-2-24-10-3-4-20(18-24)26-11-9-23-22(26)19-5-7-21(8-6-19)28-17-14-25-12-15-27-16-13-25/h5-9,11,20H,2-4,10,12-18H2,1H3. The molecular weight excluding hydrogens is 352 g/mol. The average Bonchev–Trinajstić information content (AvgIpc) is 3.25. The fourth-order valence-corrected chi connectivity index (χ4v) is 4.19. The molecule has 0 N–H and O–H groups in total. The maximum Gasteiger partial charge on any atom is 0.140 e. The van der Waals surface area contributed by atoms with Crippen LogP contribution in [0.4, 0.5) is 0 Å². The molecule has 0 aliphatic carbocycles. The van der Waals surface area contributed by atoms with Gasteiger partial charge in [-0.2, -0.15) is 0 Å². The molecule has 2 fully saturated rings. The molecule has 3 heterocycles. The van der Waals surface area contributed by atoms with Crippen LogP contribution < -0.4 is 4.74 Å². The van der Waals surface area contributed by atoms with Gasteiger partial charge in [0.1, 0.15) is 18.2 Å².